The molecule has 0 atom stereocenters. The maximum Gasteiger partial charge on any atom is 0.146 e. The van der Waals surface area contributed by atoms with Gasteiger partial charge in [0.05, 0.1) is 23.8 Å². The Bertz CT molecular complexity index is 752. The number of fused-ring (bicyclic) bond motifs is 1. The van der Waals surface area contributed by atoms with Gasteiger partial charge >= 0.3 is 0 Å². The zero-order valence-electron chi connectivity index (χ0n) is 10.3. The van der Waals surface area contributed by atoms with E-state index in [1.54, 1.807) is 19.2 Å². The number of nitrogens with one attached hydrogen (secondary N) is 1. The van der Waals surface area contributed by atoms with Crippen molar-refractivity contribution in [2.24, 2.45) is 0 Å². The van der Waals surface area contributed by atoms with E-state index in [0.29, 0.717) is 11.4 Å². The van der Waals surface area contributed by atoms with Crippen molar-refractivity contribution in [2.75, 3.05) is 12.8 Å². The molecule has 4 nitrogen and oxygen atoms in total. The molecule has 0 aliphatic heterocycles. The number of imidazole rings is 1. The van der Waals surface area contributed by atoms with Crippen LogP contribution >= 0.6 is 0 Å². The normalized spacial score (nSPS) is 10.8. The number of nitrogens with two attached hydrogens (primary N) is 1. The van der Waals surface area contributed by atoms with Gasteiger partial charge in [-0.3, -0.25) is 0 Å². The molecular formula is C14H12FN3O. The maximum absolute atomic E-state index is 13.5. The topological polar surface area (TPSA) is 63.9 Å². The molecule has 0 saturated heterocycles. The Kier molecular flexibility index (Phi) is 2.59. The third kappa shape index (κ3) is 1.89. The van der Waals surface area contributed by atoms with Crippen molar-refractivity contribution >= 4 is 16.7 Å². The highest BCUT2D eigenvalue weighted by atomic mass is 19.1. The number of ether oxygens (including phenoxy) is 1. The third-order valence-corrected chi connectivity index (χ3v) is 3.00. The van der Waals surface area contributed by atoms with Gasteiger partial charge in [-0.2, -0.15) is 0 Å². The average Bonchev–Trinajstić information content (AvgIpc) is 2.84. The highest BCUT2D eigenvalue weighted by Crippen LogP contribution is 2.28. The predicted octanol–water partition coefficient (Wildman–Crippen LogP) is 2.96. The first-order valence-corrected chi connectivity index (χ1v) is 5.77. The number of rotatable bonds is 2. The number of nitrogens with zero attached hydrogens (tertiary/aromatic N) is 1. The zero-order valence-corrected chi connectivity index (χ0v) is 10.3. The molecule has 0 unspecified atom stereocenters. The van der Waals surface area contributed by atoms with Crippen LogP contribution in [0.3, 0.4) is 0 Å². The Morgan fingerprint density at radius 3 is 2.89 bits per heavy atom. The fourth-order valence-corrected chi connectivity index (χ4v) is 1.99. The summed E-state index contributed by atoms with van der Waals surface area (Å²) in [5.74, 6) is 0.825. The molecule has 2 aromatic carbocycles. The lowest BCUT2D eigenvalue weighted by Gasteiger charge is -2.02. The quantitative estimate of drug-likeness (QED) is 0.694. The van der Waals surface area contributed by atoms with Gasteiger partial charge in [0.2, 0.25) is 0 Å². The minimum absolute atomic E-state index is 0.0912. The maximum atomic E-state index is 13.5. The molecule has 3 N–H and O–H groups in total. The molecule has 5 heteroatoms. The van der Waals surface area contributed by atoms with Crippen LogP contribution in [0.4, 0.5) is 10.1 Å². The highest BCUT2D eigenvalue weighted by molar-refractivity contribution is 5.83. The van der Waals surface area contributed by atoms with Crippen LogP contribution in [0, 0.1) is 5.82 Å². The monoisotopic (exact) mass is 257 g/mol. The van der Waals surface area contributed by atoms with Crippen molar-refractivity contribution in [1.29, 1.82) is 0 Å². The minimum atomic E-state index is -0.449. The number of para-hydroxylation sites is 1. The summed E-state index contributed by atoms with van der Waals surface area (Å²) in [5.41, 5.74) is 7.97. The lowest BCUT2D eigenvalue weighted by molar-refractivity contribution is 0.415. The number of halogens is 1. The molecule has 1 heterocycles. The molecule has 0 amide bonds. The van der Waals surface area contributed by atoms with Crippen molar-refractivity contribution in [2.45, 2.75) is 0 Å². The number of aromatic amines is 1. The van der Waals surface area contributed by atoms with Crippen LogP contribution in [-0.2, 0) is 0 Å². The Morgan fingerprint density at radius 2 is 2.11 bits per heavy atom. The molecule has 0 aliphatic carbocycles. The Hall–Kier alpha value is -2.56. The van der Waals surface area contributed by atoms with Gasteiger partial charge in [0.15, 0.2) is 0 Å². The number of anilines is 1. The van der Waals surface area contributed by atoms with E-state index in [0.717, 1.165) is 16.8 Å². The lowest BCUT2D eigenvalue weighted by Crippen LogP contribution is -1.94. The van der Waals surface area contributed by atoms with Crippen LogP contribution in [0.5, 0.6) is 5.75 Å². The van der Waals surface area contributed by atoms with Gasteiger partial charge in [-0.1, -0.05) is 6.07 Å². The van der Waals surface area contributed by atoms with Gasteiger partial charge in [0.1, 0.15) is 17.4 Å². The Labute approximate surface area is 109 Å². The summed E-state index contributed by atoms with van der Waals surface area (Å²) in [6.07, 6.45) is 0. The molecule has 0 saturated carbocycles. The van der Waals surface area contributed by atoms with E-state index in [-0.39, 0.29) is 5.69 Å². The summed E-state index contributed by atoms with van der Waals surface area (Å²) in [4.78, 5) is 7.52. The molecular weight excluding hydrogens is 245 g/mol. The number of hydrogen-bond donors (Lipinski definition) is 2. The first-order chi connectivity index (χ1) is 9.19. The SMILES string of the molecule is COc1ccc2nc(-c3cccc(F)c3N)[nH]c2c1. The second kappa shape index (κ2) is 4.28. The van der Waals surface area contributed by atoms with Crippen molar-refractivity contribution in [3.8, 4) is 17.1 Å². The van der Waals surface area contributed by atoms with E-state index in [4.69, 9.17) is 10.5 Å². The van der Waals surface area contributed by atoms with Gasteiger partial charge in [-0.15, -0.1) is 0 Å². The molecule has 19 heavy (non-hydrogen) atoms. The van der Waals surface area contributed by atoms with Crippen LogP contribution in [0.1, 0.15) is 0 Å². The van der Waals surface area contributed by atoms with Gasteiger partial charge in [-0.25, -0.2) is 9.37 Å². The Balaban J connectivity index is 2.18. The van der Waals surface area contributed by atoms with E-state index in [2.05, 4.69) is 9.97 Å². The molecule has 3 aromatic rings. The molecule has 1 aromatic heterocycles. The predicted molar refractivity (Wildman–Crippen MR) is 72.5 cm³/mol. The number of aromatic nitrogens is 2. The summed E-state index contributed by atoms with van der Waals surface area (Å²) in [6, 6.07) is 10.2. The zero-order chi connectivity index (χ0) is 13.4. The second-order valence-electron chi connectivity index (χ2n) is 4.17. The molecule has 0 aliphatic rings. The van der Waals surface area contributed by atoms with Crippen LogP contribution in [0.25, 0.3) is 22.4 Å². The number of nitrogen functional groups attached to an aromatic ring is 1. The van der Waals surface area contributed by atoms with E-state index < -0.39 is 5.82 Å². The van der Waals surface area contributed by atoms with E-state index >= 15 is 0 Å². The van der Waals surface area contributed by atoms with Crippen molar-refractivity contribution in [3.05, 3.63) is 42.2 Å². The van der Waals surface area contributed by atoms with Gasteiger partial charge in [-0.05, 0) is 24.3 Å². The van der Waals surface area contributed by atoms with E-state index in [1.165, 1.54) is 6.07 Å². The number of hydrogen-bond acceptors (Lipinski definition) is 3. The molecule has 0 bridgehead atoms. The first kappa shape index (κ1) is 11.5. The largest absolute Gasteiger partial charge is 0.497 e. The van der Waals surface area contributed by atoms with Crippen LogP contribution in [-0.4, -0.2) is 17.1 Å². The van der Waals surface area contributed by atoms with Crippen LogP contribution < -0.4 is 10.5 Å². The standard InChI is InChI=1S/C14H12FN3O/c1-19-8-5-6-11-12(7-8)18-14(17-11)9-3-2-4-10(15)13(9)16/h2-7H,16H2,1H3,(H,17,18). The summed E-state index contributed by atoms with van der Waals surface area (Å²) in [7, 11) is 1.60. The summed E-state index contributed by atoms with van der Waals surface area (Å²) >= 11 is 0. The average molecular weight is 257 g/mol. The summed E-state index contributed by atoms with van der Waals surface area (Å²) in [5, 5.41) is 0. The fraction of sp³-hybridized carbons (Fsp3) is 0.0714. The van der Waals surface area contributed by atoms with Crippen LogP contribution in [0.2, 0.25) is 0 Å². The molecule has 0 spiro atoms. The molecule has 0 fully saturated rings. The molecule has 3 rings (SSSR count). The highest BCUT2D eigenvalue weighted by Gasteiger charge is 2.11. The lowest BCUT2D eigenvalue weighted by atomic mass is 10.1. The van der Waals surface area contributed by atoms with Gasteiger partial charge in [0.25, 0.3) is 0 Å². The number of benzene rings is 2. The number of methoxy groups -OCH3 is 1. The van der Waals surface area contributed by atoms with Crippen molar-refractivity contribution in [3.63, 3.8) is 0 Å². The molecule has 96 valence electrons. The second-order valence-corrected chi connectivity index (χ2v) is 4.17. The van der Waals surface area contributed by atoms with E-state index in [9.17, 15) is 4.39 Å². The van der Waals surface area contributed by atoms with E-state index in [1.807, 2.05) is 18.2 Å². The van der Waals surface area contributed by atoms with Crippen molar-refractivity contribution < 1.29 is 9.13 Å². The third-order valence-electron chi connectivity index (χ3n) is 3.00. The van der Waals surface area contributed by atoms with Crippen molar-refractivity contribution in [1.82, 2.24) is 9.97 Å². The minimum Gasteiger partial charge on any atom is -0.497 e. The van der Waals surface area contributed by atoms with Gasteiger partial charge < -0.3 is 15.5 Å². The first-order valence-electron chi connectivity index (χ1n) is 5.77. The summed E-state index contributed by atoms with van der Waals surface area (Å²) in [6.45, 7) is 0. The smallest absolute Gasteiger partial charge is 0.146 e. The van der Waals surface area contributed by atoms with Crippen LogP contribution in [0.15, 0.2) is 36.4 Å². The summed E-state index contributed by atoms with van der Waals surface area (Å²) < 4.78 is 18.6. The fourth-order valence-electron chi connectivity index (χ4n) is 1.99. The molecule has 0 radical (unpaired) electrons. The van der Waals surface area contributed by atoms with Gasteiger partial charge in [0, 0.05) is 11.6 Å². The number of H-pyrrole nitrogens is 1. The Morgan fingerprint density at radius 1 is 1.26 bits per heavy atom.